The quantitative estimate of drug-likeness (QED) is 0.239. The van der Waals surface area contributed by atoms with Crippen LogP contribution in [0, 0.1) is 21.7 Å². The zero-order chi connectivity index (χ0) is 31.2. The lowest BCUT2D eigenvalue weighted by atomic mass is 9.66. The first-order valence-electron chi connectivity index (χ1n) is 15.1. The monoisotopic (exact) mass is 604 g/mol. The summed E-state index contributed by atoms with van der Waals surface area (Å²) in [4.78, 5) is 53.9. The topological polar surface area (TPSA) is 142 Å². The van der Waals surface area contributed by atoms with Gasteiger partial charge in [0.2, 0.25) is 11.2 Å². The van der Waals surface area contributed by atoms with Gasteiger partial charge in [0.25, 0.3) is 5.97 Å². The summed E-state index contributed by atoms with van der Waals surface area (Å²) in [5.41, 5.74) is -6.33. The van der Waals surface area contributed by atoms with Gasteiger partial charge in [0.1, 0.15) is 24.4 Å². The molecule has 236 valence electrons. The molecular formula is C31H40O12. The standard InChI is InChI=1S/C31H40O12/c1-9-14-36-15-18-16(37-23(34)30-12-10-27(6,21(32)42-30)25(30,2)3)20-17(19(15)40-29(8,39-18)41-20)38-24(35)31-13-11-28(7,22(33)43-31)26(31,4)5/h9,15-20H,1,10-14H2,2-8H3/t15?,16-,17-,18-,19+,20?,27?,28?,29?,30?,31?/m0/s1. The van der Waals surface area contributed by atoms with Crippen LogP contribution in [0.15, 0.2) is 12.7 Å². The second-order valence-corrected chi connectivity index (χ2v) is 14.8. The average Bonchev–Trinajstić information content (AvgIpc) is 3.39. The van der Waals surface area contributed by atoms with E-state index >= 15 is 0 Å². The van der Waals surface area contributed by atoms with E-state index in [2.05, 4.69) is 6.58 Å². The van der Waals surface area contributed by atoms with E-state index in [4.69, 9.17) is 37.9 Å². The molecule has 43 heavy (non-hydrogen) atoms. The van der Waals surface area contributed by atoms with Crippen molar-refractivity contribution in [3.63, 3.8) is 0 Å². The molecule has 12 nitrogen and oxygen atoms in total. The SMILES string of the molecule is C=CCOC1[C@H]2OC3(C)OC([C@H]2OC(=O)C24CCC(C)(C(=O)O2)C4(C)C)[C@@H](OC(=O)C24CCC(C)(C(=O)O2)C4(C)C)[C@H]1O3. The van der Waals surface area contributed by atoms with E-state index in [0.29, 0.717) is 25.7 Å². The highest BCUT2D eigenvalue weighted by Gasteiger charge is 2.79. The van der Waals surface area contributed by atoms with Gasteiger partial charge < -0.3 is 37.9 Å². The van der Waals surface area contributed by atoms with Crippen molar-refractivity contribution in [1.82, 2.24) is 0 Å². The van der Waals surface area contributed by atoms with Crippen LogP contribution in [-0.2, 0) is 57.1 Å². The average molecular weight is 605 g/mol. The first-order chi connectivity index (χ1) is 19.9. The fourth-order valence-electron chi connectivity index (χ4n) is 8.83. The highest BCUT2D eigenvalue weighted by atomic mass is 16.9. The van der Waals surface area contributed by atoms with Crippen LogP contribution in [0.2, 0.25) is 0 Å². The molecule has 0 spiro atoms. The van der Waals surface area contributed by atoms with E-state index in [1.54, 1.807) is 13.0 Å². The van der Waals surface area contributed by atoms with Crippen molar-refractivity contribution < 1.29 is 57.1 Å². The molecule has 0 aromatic heterocycles. The molecule has 0 N–H and O–H groups in total. The Morgan fingerprint density at radius 3 is 1.44 bits per heavy atom. The normalized spacial score (nSPS) is 50.9. The van der Waals surface area contributed by atoms with Crippen LogP contribution in [-0.4, -0.2) is 84.3 Å². The van der Waals surface area contributed by atoms with Crippen LogP contribution in [0.25, 0.3) is 0 Å². The smallest absolute Gasteiger partial charge is 0.351 e. The Hall–Kier alpha value is -2.54. The van der Waals surface area contributed by atoms with Gasteiger partial charge in [-0.2, -0.15) is 0 Å². The van der Waals surface area contributed by atoms with Gasteiger partial charge in [-0.1, -0.05) is 33.8 Å². The molecule has 5 heterocycles. The summed E-state index contributed by atoms with van der Waals surface area (Å²) >= 11 is 0. The van der Waals surface area contributed by atoms with E-state index in [1.165, 1.54) is 0 Å². The van der Waals surface area contributed by atoms with Crippen LogP contribution >= 0.6 is 0 Å². The molecule has 0 amide bonds. The molecule has 3 saturated carbocycles. The fraction of sp³-hybridized carbons (Fsp3) is 0.806. The van der Waals surface area contributed by atoms with Gasteiger partial charge in [0, 0.05) is 17.8 Å². The van der Waals surface area contributed by atoms with Crippen molar-refractivity contribution in [3.05, 3.63) is 12.7 Å². The minimum Gasteiger partial charge on any atom is -0.454 e. The summed E-state index contributed by atoms with van der Waals surface area (Å²) in [7, 11) is 0. The molecule has 0 aromatic carbocycles. The minimum atomic E-state index is -1.51. The Morgan fingerprint density at radius 2 is 1.12 bits per heavy atom. The summed E-state index contributed by atoms with van der Waals surface area (Å²) in [6.45, 7) is 16.4. The van der Waals surface area contributed by atoms with Crippen LogP contribution in [0.3, 0.4) is 0 Å². The van der Waals surface area contributed by atoms with Crippen molar-refractivity contribution in [1.29, 1.82) is 0 Å². The number of hydrogen-bond donors (Lipinski definition) is 0. The van der Waals surface area contributed by atoms with E-state index in [-0.39, 0.29) is 6.61 Å². The van der Waals surface area contributed by atoms with Crippen LogP contribution < -0.4 is 0 Å². The van der Waals surface area contributed by atoms with Crippen molar-refractivity contribution in [2.75, 3.05) is 6.61 Å². The molecule has 3 aliphatic carbocycles. The third-order valence-corrected chi connectivity index (χ3v) is 12.7. The predicted molar refractivity (Wildman–Crippen MR) is 143 cm³/mol. The number of carbonyl (C=O) groups excluding carboxylic acids is 4. The Morgan fingerprint density at radius 1 is 0.721 bits per heavy atom. The Labute approximate surface area is 250 Å². The molecule has 8 bridgehead atoms. The predicted octanol–water partition coefficient (Wildman–Crippen LogP) is 2.50. The van der Waals surface area contributed by atoms with Crippen LogP contribution in [0.5, 0.6) is 0 Å². The number of rotatable bonds is 7. The summed E-state index contributed by atoms with van der Waals surface area (Å²) in [6.07, 6.45) is -2.60. The Balaban J connectivity index is 1.22. The number of carbonyl (C=O) groups is 4. The first-order valence-corrected chi connectivity index (χ1v) is 15.1. The first kappa shape index (κ1) is 29.2. The molecule has 8 fully saturated rings. The van der Waals surface area contributed by atoms with Gasteiger partial charge in [0.15, 0.2) is 12.2 Å². The van der Waals surface area contributed by atoms with Gasteiger partial charge >= 0.3 is 23.9 Å². The van der Waals surface area contributed by atoms with E-state index in [1.807, 2.05) is 41.5 Å². The maximum absolute atomic E-state index is 14.1. The second kappa shape index (κ2) is 8.38. The summed E-state index contributed by atoms with van der Waals surface area (Å²) < 4.78 is 48.4. The lowest BCUT2D eigenvalue weighted by Gasteiger charge is -2.61. The number of hydrogen-bond acceptors (Lipinski definition) is 12. The second-order valence-electron chi connectivity index (χ2n) is 14.8. The lowest BCUT2D eigenvalue weighted by Crippen LogP contribution is -2.80. The van der Waals surface area contributed by atoms with Gasteiger partial charge in [0.05, 0.1) is 17.4 Å². The molecule has 8 rings (SSSR count). The lowest BCUT2D eigenvalue weighted by molar-refractivity contribution is -0.532. The maximum Gasteiger partial charge on any atom is 0.351 e. The fourth-order valence-corrected chi connectivity index (χ4v) is 8.83. The van der Waals surface area contributed by atoms with E-state index < -0.39 is 99.3 Å². The molecular weight excluding hydrogens is 564 g/mol. The van der Waals surface area contributed by atoms with Gasteiger partial charge in [-0.25, -0.2) is 9.59 Å². The summed E-state index contributed by atoms with van der Waals surface area (Å²) in [5, 5.41) is 0. The highest BCUT2D eigenvalue weighted by molar-refractivity contribution is 5.94. The van der Waals surface area contributed by atoms with Gasteiger partial charge in [-0.05, 0) is 39.5 Å². The third kappa shape index (κ3) is 3.16. The number of fused-ring (bicyclic) bond motifs is 4. The van der Waals surface area contributed by atoms with Crippen molar-refractivity contribution in [2.24, 2.45) is 21.7 Å². The molecule has 5 saturated heterocycles. The maximum atomic E-state index is 14.1. The van der Waals surface area contributed by atoms with Crippen LogP contribution in [0.1, 0.15) is 74.1 Å². The Bertz CT molecular complexity index is 1250. The molecule has 0 aromatic rings. The van der Waals surface area contributed by atoms with Crippen molar-refractivity contribution >= 4 is 23.9 Å². The van der Waals surface area contributed by atoms with E-state index in [0.717, 1.165) is 0 Å². The molecule has 8 aliphatic rings. The largest absolute Gasteiger partial charge is 0.454 e. The molecule has 7 unspecified atom stereocenters. The van der Waals surface area contributed by atoms with E-state index in [9.17, 15) is 19.2 Å². The number of ether oxygens (including phenoxy) is 8. The Kier molecular flexibility index (Phi) is 5.69. The highest BCUT2D eigenvalue weighted by Crippen LogP contribution is 2.67. The zero-order valence-corrected chi connectivity index (χ0v) is 25.7. The van der Waals surface area contributed by atoms with Gasteiger partial charge in [-0.3, -0.25) is 9.59 Å². The molecule has 5 aliphatic heterocycles. The third-order valence-electron chi connectivity index (χ3n) is 12.7. The zero-order valence-electron chi connectivity index (χ0n) is 25.7. The molecule has 11 atom stereocenters. The van der Waals surface area contributed by atoms with Crippen molar-refractivity contribution in [3.8, 4) is 0 Å². The molecule has 12 heteroatoms. The summed E-state index contributed by atoms with van der Waals surface area (Å²) in [6, 6.07) is 0. The minimum absolute atomic E-state index is 0.119. The van der Waals surface area contributed by atoms with Crippen molar-refractivity contribution in [2.45, 2.75) is 128 Å². The van der Waals surface area contributed by atoms with Gasteiger partial charge in [-0.15, -0.1) is 6.58 Å². The van der Waals surface area contributed by atoms with Crippen LogP contribution in [0.4, 0.5) is 0 Å². The summed E-state index contributed by atoms with van der Waals surface area (Å²) in [5.74, 6) is -3.81. The number of esters is 4. The molecule has 0 radical (unpaired) electrons.